The van der Waals surface area contributed by atoms with Crippen LogP contribution in [0.25, 0.3) is 0 Å². The molecule has 2 rings (SSSR count). The highest BCUT2D eigenvalue weighted by Crippen LogP contribution is 2.22. The fourth-order valence-electron chi connectivity index (χ4n) is 2.22. The number of ether oxygens (including phenoxy) is 1. The third-order valence-corrected chi connectivity index (χ3v) is 3.62. The van der Waals surface area contributed by atoms with Crippen LogP contribution >= 0.6 is 0 Å². The predicted molar refractivity (Wildman–Crippen MR) is 71.7 cm³/mol. The van der Waals surface area contributed by atoms with E-state index in [0.29, 0.717) is 12.0 Å². The van der Waals surface area contributed by atoms with Crippen molar-refractivity contribution in [1.82, 2.24) is 5.32 Å². The van der Waals surface area contributed by atoms with Gasteiger partial charge in [0, 0.05) is 6.54 Å². The first-order valence-corrected chi connectivity index (χ1v) is 6.77. The average Bonchev–Trinajstić information content (AvgIpc) is 2.40. The monoisotopic (exact) mass is 233 g/mol. The number of nitrogens with one attached hydrogen (secondary N) is 1. The summed E-state index contributed by atoms with van der Waals surface area (Å²) in [6, 6.07) is 8.60. The fourth-order valence-corrected chi connectivity index (χ4v) is 2.22. The minimum absolute atomic E-state index is 0.346. The van der Waals surface area contributed by atoms with E-state index in [2.05, 4.69) is 43.4 Å². The topological polar surface area (TPSA) is 21.3 Å². The first-order valence-electron chi connectivity index (χ1n) is 6.77. The molecule has 0 bridgehead atoms. The third-order valence-electron chi connectivity index (χ3n) is 3.62. The Morgan fingerprint density at radius 2 is 2.12 bits per heavy atom. The molecule has 1 N–H and O–H groups in total. The van der Waals surface area contributed by atoms with Gasteiger partial charge in [-0.2, -0.15) is 0 Å². The van der Waals surface area contributed by atoms with Crippen molar-refractivity contribution in [2.75, 3.05) is 13.1 Å². The SMILES string of the molecule is CC[C@@H](C)c1ccc(O[C@H]2CCCNC2)cc1. The van der Waals surface area contributed by atoms with E-state index in [0.717, 1.165) is 18.8 Å². The van der Waals surface area contributed by atoms with E-state index in [1.165, 1.54) is 24.8 Å². The van der Waals surface area contributed by atoms with E-state index in [1.54, 1.807) is 0 Å². The van der Waals surface area contributed by atoms with Crippen LogP contribution in [0.4, 0.5) is 0 Å². The molecule has 1 aliphatic heterocycles. The van der Waals surface area contributed by atoms with Gasteiger partial charge in [-0.3, -0.25) is 0 Å². The molecule has 1 heterocycles. The summed E-state index contributed by atoms with van der Waals surface area (Å²) in [5, 5.41) is 3.37. The Kier molecular flexibility index (Phi) is 4.43. The van der Waals surface area contributed by atoms with Gasteiger partial charge in [0.25, 0.3) is 0 Å². The molecule has 0 radical (unpaired) electrons. The lowest BCUT2D eigenvalue weighted by Gasteiger charge is -2.24. The summed E-state index contributed by atoms with van der Waals surface area (Å²) in [6.45, 7) is 6.60. The average molecular weight is 233 g/mol. The van der Waals surface area contributed by atoms with Gasteiger partial charge in [0.15, 0.2) is 0 Å². The highest BCUT2D eigenvalue weighted by molar-refractivity contribution is 5.29. The smallest absolute Gasteiger partial charge is 0.119 e. The van der Waals surface area contributed by atoms with Gasteiger partial charge >= 0.3 is 0 Å². The molecule has 1 aromatic rings. The number of hydrogen-bond acceptors (Lipinski definition) is 2. The summed E-state index contributed by atoms with van der Waals surface area (Å²) in [6.07, 6.45) is 3.92. The van der Waals surface area contributed by atoms with Crippen molar-refractivity contribution in [2.24, 2.45) is 0 Å². The van der Waals surface area contributed by atoms with Gasteiger partial charge in [0.1, 0.15) is 11.9 Å². The van der Waals surface area contributed by atoms with Crippen LogP contribution in [0.1, 0.15) is 44.6 Å². The first-order chi connectivity index (χ1) is 8.29. The summed E-state index contributed by atoms with van der Waals surface area (Å²) in [4.78, 5) is 0. The van der Waals surface area contributed by atoms with E-state index in [1.807, 2.05) is 0 Å². The number of piperidine rings is 1. The number of benzene rings is 1. The number of rotatable bonds is 4. The minimum Gasteiger partial charge on any atom is -0.489 e. The molecule has 94 valence electrons. The molecule has 0 amide bonds. The summed E-state index contributed by atoms with van der Waals surface area (Å²) >= 11 is 0. The summed E-state index contributed by atoms with van der Waals surface area (Å²) in [5.74, 6) is 1.64. The lowest BCUT2D eigenvalue weighted by molar-refractivity contribution is 0.167. The molecule has 1 aliphatic rings. The molecular formula is C15H23NO. The van der Waals surface area contributed by atoms with Crippen molar-refractivity contribution in [1.29, 1.82) is 0 Å². The van der Waals surface area contributed by atoms with E-state index < -0.39 is 0 Å². The Bertz CT molecular complexity index is 327. The zero-order chi connectivity index (χ0) is 12.1. The van der Waals surface area contributed by atoms with Gasteiger partial charge < -0.3 is 10.1 Å². The Morgan fingerprint density at radius 3 is 2.71 bits per heavy atom. The Labute approximate surface area is 104 Å². The van der Waals surface area contributed by atoms with E-state index in [4.69, 9.17) is 4.74 Å². The van der Waals surface area contributed by atoms with Crippen molar-refractivity contribution < 1.29 is 4.74 Å². The zero-order valence-corrected chi connectivity index (χ0v) is 10.9. The third kappa shape index (κ3) is 3.47. The van der Waals surface area contributed by atoms with Gasteiger partial charge in [-0.1, -0.05) is 26.0 Å². The van der Waals surface area contributed by atoms with Crippen LogP contribution in [0.3, 0.4) is 0 Å². The van der Waals surface area contributed by atoms with Crippen LogP contribution in [0.2, 0.25) is 0 Å². The summed E-state index contributed by atoms with van der Waals surface area (Å²) < 4.78 is 5.96. The van der Waals surface area contributed by atoms with E-state index >= 15 is 0 Å². The van der Waals surface area contributed by atoms with E-state index in [9.17, 15) is 0 Å². The molecule has 1 aromatic carbocycles. The lowest BCUT2D eigenvalue weighted by Crippen LogP contribution is -2.37. The Balaban J connectivity index is 1.93. The van der Waals surface area contributed by atoms with Crippen molar-refractivity contribution in [3.63, 3.8) is 0 Å². The minimum atomic E-state index is 0.346. The molecule has 0 saturated carbocycles. The molecule has 2 nitrogen and oxygen atoms in total. The molecule has 1 fully saturated rings. The largest absolute Gasteiger partial charge is 0.489 e. The van der Waals surface area contributed by atoms with Crippen LogP contribution in [0.5, 0.6) is 5.75 Å². The van der Waals surface area contributed by atoms with Crippen LogP contribution in [0, 0.1) is 0 Å². The van der Waals surface area contributed by atoms with Crippen LogP contribution in [-0.2, 0) is 0 Å². The quantitative estimate of drug-likeness (QED) is 0.861. The highest BCUT2D eigenvalue weighted by atomic mass is 16.5. The molecular weight excluding hydrogens is 210 g/mol. The summed E-state index contributed by atoms with van der Waals surface area (Å²) in [5.41, 5.74) is 1.40. The maximum absolute atomic E-state index is 5.96. The molecule has 0 spiro atoms. The van der Waals surface area contributed by atoms with Gasteiger partial charge in [0.2, 0.25) is 0 Å². The second kappa shape index (κ2) is 6.06. The van der Waals surface area contributed by atoms with Crippen molar-refractivity contribution in [3.8, 4) is 5.75 Å². The van der Waals surface area contributed by atoms with Gasteiger partial charge in [-0.15, -0.1) is 0 Å². The van der Waals surface area contributed by atoms with E-state index in [-0.39, 0.29) is 0 Å². The maximum atomic E-state index is 5.96. The van der Waals surface area contributed by atoms with Crippen LogP contribution in [-0.4, -0.2) is 19.2 Å². The molecule has 0 aromatic heterocycles. The fraction of sp³-hybridized carbons (Fsp3) is 0.600. The second-order valence-electron chi connectivity index (χ2n) is 4.96. The molecule has 17 heavy (non-hydrogen) atoms. The molecule has 2 atom stereocenters. The number of hydrogen-bond donors (Lipinski definition) is 1. The predicted octanol–water partition coefficient (Wildman–Crippen LogP) is 3.33. The Hall–Kier alpha value is -1.02. The molecule has 1 saturated heterocycles. The van der Waals surface area contributed by atoms with Crippen molar-refractivity contribution in [3.05, 3.63) is 29.8 Å². The van der Waals surface area contributed by atoms with Crippen molar-refractivity contribution in [2.45, 2.75) is 45.1 Å². The second-order valence-corrected chi connectivity index (χ2v) is 4.96. The van der Waals surface area contributed by atoms with Crippen LogP contribution < -0.4 is 10.1 Å². The van der Waals surface area contributed by atoms with Gasteiger partial charge in [0.05, 0.1) is 0 Å². The maximum Gasteiger partial charge on any atom is 0.119 e. The molecule has 0 aliphatic carbocycles. The zero-order valence-electron chi connectivity index (χ0n) is 10.9. The van der Waals surface area contributed by atoms with Crippen molar-refractivity contribution >= 4 is 0 Å². The highest BCUT2D eigenvalue weighted by Gasteiger charge is 2.14. The van der Waals surface area contributed by atoms with Gasteiger partial charge in [-0.25, -0.2) is 0 Å². The van der Waals surface area contributed by atoms with Gasteiger partial charge in [-0.05, 0) is 49.4 Å². The van der Waals surface area contributed by atoms with Crippen LogP contribution in [0.15, 0.2) is 24.3 Å². The summed E-state index contributed by atoms with van der Waals surface area (Å²) in [7, 11) is 0. The lowest BCUT2D eigenvalue weighted by atomic mass is 9.99. The Morgan fingerprint density at radius 1 is 1.35 bits per heavy atom. The molecule has 0 unspecified atom stereocenters. The first kappa shape index (κ1) is 12.4. The normalized spacial score (nSPS) is 22.1. The standard InChI is InChI=1S/C15H23NO/c1-3-12(2)13-6-8-14(9-7-13)17-15-5-4-10-16-11-15/h6-9,12,15-16H,3-5,10-11H2,1-2H3/t12-,15+/m1/s1. The molecule has 2 heteroatoms.